The van der Waals surface area contributed by atoms with E-state index in [1.165, 1.54) is 6.07 Å². The lowest BCUT2D eigenvalue weighted by atomic mass is 10.2. The highest BCUT2D eigenvalue weighted by Gasteiger charge is 2.06. The second-order valence-electron chi connectivity index (χ2n) is 6.09. The Kier molecular flexibility index (Phi) is 9.72. The second kappa shape index (κ2) is 12.3. The summed E-state index contributed by atoms with van der Waals surface area (Å²) < 4.78 is 32.8. The highest BCUT2D eigenvalue weighted by molar-refractivity contribution is 7.93. The minimum Gasteiger partial charge on any atom is -0.369 e. The predicted octanol–water partition coefficient (Wildman–Crippen LogP) is 3.90. The Bertz CT molecular complexity index is 913. The zero-order valence-electron chi connectivity index (χ0n) is 16.4. The number of anilines is 1. The van der Waals surface area contributed by atoms with Gasteiger partial charge in [0.25, 0.3) is 0 Å². The fraction of sp³-hybridized carbons (Fsp3) is 0.300. The average Bonchev–Trinajstić information content (AvgIpc) is 2.74. The number of halogens is 2. The van der Waals surface area contributed by atoms with E-state index in [0.29, 0.717) is 23.5 Å². The topological polar surface area (TPSA) is 82.1 Å². The van der Waals surface area contributed by atoms with Crippen LogP contribution in [0.1, 0.15) is 12.2 Å². The molecule has 3 aromatic rings. The van der Waals surface area contributed by atoms with Crippen molar-refractivity contribution in [1.82, 2.24) is 20.6 Å². The zero-order valence-corrected chi connectivity index (χ0v) is 17.2. The molecule has 0 saturated heterocycles. The van der Waals surface area contributed by atoms with Crippen LogP contribution in [0.25, 0.3) is 10.9 Å². The minimum atomic E-state index is -0.945. The third kappa shape index (κ3) is 7.21. The van der Waals surface area contributed by atoms with Crippen LogP contribution in [0.2, 0.25) is 0 Å². The van der Waals surface area contributed by atoms with Crippen LogP contribution in [0.15, 0.2) is 47.4 Å². The van der Waals surface area contributed by atoms with E-state index in [9.17, 15) is 8.78 Å². The van der Waals surface area contributed by atoms with Crippen LogP contribution >= 0.6 is 12.0 Å². The quantitative estimate of drug-likeness (QED) is 0.324. The Hall–Kier alpha value is -2.33. The summed E-state index contributed by atoms with van der Waals surface area (Å²) in [6.07, 6.45) is 1.07. The Morgan fingerprint density at radius 3 is 2.45 bits per heavy atom. The summed E-state index contributed by atoms with van der Waals surface area (Å²) in [7, 11) is 3.86. The predicted molar refractivity (Wildman–Crippen MR) is 114 cm³/mol. The van der Waals surface area contributed by atoms with Gasteiger partial charge >= 0.3 is 0 Å². The number of para-hydroxylation sites is 1. The summed E-state index contributed by atoms with van der Waals surface area (Å²) in [6, 6.07) is 11.3. The minimum absolute atomic E-state index is 0.291. The van der Waals surface area contributed by atoms with Crippen molar-refractivity contribution < 1.29 is 13.3 Å². The number of nitrogens with one attached hydrogen (secondary N) is 3. The molecule has 0 aliphatic heterocycles. The van der Waals surface area contributed by atoms with Crippen molar-refractivity contribution in [1.29, 1.82) is 0 Å². The number of nitrogens with zero attached hydrogens (tertiary/aromatic N) is 2. The Labute approximate surface area is 173 Å². The van der Waals surface area contributed by atoms with Gasteiger partial charge in [-0.1, -0.05) is 12.1 Å². The van der Waals surface area contributed by atoms with Gasteiger partial charge in [-0.2, -0.15) is 0 Å². The van der Waals surface area contributed by atoms with E-state index in [1.807, 2.05) is 32.3 Å². The average molecular weight is 422 g/mol. The lowest BCUT2D eigenvalue weighted by Crippen LogP contribution is -2.15. The smallest absolute Gasteiger partial charge is 0.160 e. The fourth-order valence-corrected chi connectivity index (χ4v) is 2.79. The standard InChI is InChI=1S/C14H21N5.C6H4F2OS/c1-15-8-5-9-17-14-11-6-3-4-7-12(11)18-13(19-14)10-16-2;7-5-2-1-4(10-9)3-6(5)8/h3-4,6-7,15-16H,5,8-10H2,1-2H3,(H,17,18,19);1-3,9H. The number of aromatic nitrogens is 2. The van der Waals surface area contributed by atoms with Crippen molar-refractivity contribution in [3.8, 4) is 0 Å². The van der Waals surface area contributed by atoms with Gasteiger partial charge in [0.1, 0.15) is 11.6 Å². The molecule has 0 amide bonds. The van der Waals surface area contributed by atoms with Crippen LogP contribution < -0.4 is 16.0 Å². The monoisotopic (exact) mass is 421 g/mol. The summed E-state index contributed by atoms with van der Waals surface area (Å²) in [5.41, 5.74) is 0.985. The molecule has 0 saturated carbocycles. The Balaban J connectivity index is 0.000000253. The third-order valence-corrected chi connectivity index (χ3v) is 4.34. The molecule has 0 radical (unpaired) electrons. The first-order valence-electron chi connectivity index (χ1n) is 9.14. The normalized spacial score (nSPS) is 10.5. The van der Waals surface area contributed by atoms with Crippen molar-refractivity contribution >= 4 is 28.8 Å². The number of fused-ring (bicyclic) bond motifs is 1. The summed E-state index contributed by atoms with van der Waals surface area (Å²) in [5, 5.41) is 10.7. The summed E-state index contributed by atoms with van der Waals surface area (Å²) in [6.45, 7) is 2.58. The molecule has 1 heterocycles. The molecular weight excluding hydrogens is 396 g/mol. The maximum Gasteiger partial charge on any atom is 0.160 e. The van der Waals surface area contributed by atoms with E-state index in [0.717, 1.165) is 54.2 Å². The summed E-state index contributed by atoms with van der Waals surface area (Å²) >= 11 is 0.385. The van der Waals surface area contributed by atoms with Crippen LogP contribution in [-0.4, -0.2) is 41.7 Å². The van der Waals surface area contributed by atoms with Gasteiger partial charge < -0.3 is 20.5 Å². The summed E-state index contributed by atoms with van der Waals surface area (Å²) in [5.74, 6) is -0.110. The molecule has 156 valence electrons. The van der Waals surface area contributed by atoms with Crippen molar-refractivity contribution in [3.05, 3.63) is 59.9 Å². The van der Waals surface area contributed by atoms with E-state index in [1.54, 1.807) is 0 Å². The van der Waals surface area contributed by atoms with Crippen molar-refractivity contribution in [3.63, 3.8) is 0 Å². The molecule has 1 aromatic heterocycles. The lowest BCUT2D eigenvalue weighted by Gasteiger charge is -2.10. The van der Waals surface area contributed by atoms with E-state index in [4.69, 9.17) is 4.55 Å². The van der Waals surface area contributed by atoms with Crippen molar-refractivity contribution in [2.45, 2.75) is 17.9 Å². The molecular formula is C20H25F2N5OS. The van der Waals surface area contributed by atoms with Crippen LogP contribution in [0.5, 0.6) is 0 Å². The molecule has 2 aromatic carbocycles. The Morgan fingerprint density at radius 2 is 1.76 bits per heavy atom. The highest BCUT2D eigenvalue weighted by Crippen LogP contribution is 2.20. The summed E-state index contributed by atoms with van der Waals surface area (Å²) in [4.78, 5) is 9.42. The SMILES string of the molecule is CNCCCNc1nc(CNC)nc2ccccc12.OSc1ccc(F)c(F)c1. The van der Waals surface area contributed by atoms with Gasteiger partial charge in [-0.3, -0.25) is 0 Å². The van der Waals surface area contributed by atoms with Crippen LogP contribution in [0, 0.1) is 11.6 Å². The molecule has 0 aliphatic carbocycles. The molecule has 0 unspecified atom stereocenters. The third-order valence-electron chi connectivity index (χ3n) is 3.88. The Morgan fingerprint density at radius 1 is 0.966 bits per heavy atom. The fourth-order valence-electron chi connectivity index (χ4n) is 2.50. The first-order chi connectivity index (χ1) is 14.1. The van der Waals surface area contributed by atoms with E-state index >= 15 is 0 Å². The van der Waals surface area contributed by atoms with E-state index in [-0.39, 0.29) is 0 Å². The molecule has 3 rings (SSSR count). The van der Waals surface area contributed by atoms with E-state index in [2.05, 4.69) is 32.0 Å². The van der Waals surface area contributed by atoms with E-state index < -0.39 is 11.6 Å². The van der Waals surface area contributed by atoms with Gasteiger partial charge in [0.2, 0.25) is 0 Å². The van der Waals surface area contributed by atoms with Gasteiger partial charge in [-0.25, -0.2) is 18.7 Å². The zero-order chi connectivity index (χ0) is 21.1. The molecule has 6 nitrogen and oxygen atoms in total. The first-order valence-corrected chi connectivity index (χ1v) is 9.91. The lowest BCUT2D eigenvalue weighted by molar-refractivity contribution is 0.505. The van der Waals surface area contributed by atoms with Crippen LogP contribution in [-0.2, 0) is 6.54 Å². The van der Waals surface area contributed by atoms with Gasteiger partial charge in [0, 0.05) is 28.9 Å². The van der Waals surface area contributed by atoms with Crippen molar-refractivity contribution in [2.24, 2.45) is 0 Å². The van der Waals surface area contributed by atoms with Gasteiger partial charge in [-0.15, -0.1) is 0 Å². The van der Waals surface area contributed by atoms with Gasteiger partial charge in [0.05, 0.1) is 12.1 Å². The molecule has 9 heteroatoms. The number of hydrogen-bond donors (Lipinski definition) is 4. The largest absolute Gasteiger partial charge is 0.369 e. The molecule has 0 atom stereocenters. The molecule has 0 bridgehead atoms. The second-order valence-corrected chi connectivity index (χ2v) is 6.74. The molecule has 4 N–H and O–H groups in total. The number of rotatable bonds is 8. The number of benzene rings is 2. The van der Waals surface area contributed by atoms with Crippen LogP contribution in [0.4, 0.5) is 14.6 Å². The van der Waals surface area contributed by atoms with Gasteiger partial charge in [0.15, 0.2) is 11.6 Å². The maximum absolute atomic E-state index is 12.3. The number of hydrogen-bond acceptors (Lipinski definition) is 7. The van der Waals surface area contributed by atoms with Gasteiger partial charge in [-0.05, 0) is 57.4 Å². The highest BCUT2D eigenvalue weighted by atomic mass is 32.2. The first kappa shape index (κ1) is 23.0. The van der Waals surface area contributed by atoms with Crippen molar-refractivity contribution in [2.75, 3.05) is 32.5 Å². The molecule has 0 aliphatic rings. The molecule has 29 heavy (non-hydrogen) atoms. The van der Waals surface area contributed by atoms with Crippen LogP contribution in [0.3, 0.4) is 0 Å². The molecule has 0 spiro atoms. The maximum atomic E-state index is 12.3. The molecule has 0 fully saturated rings.